The highest BCUT2D eigenvalue weighted by molar-refractivity contribution is 7.99. The van der Waals surface area contributed by atoms with Crippen LogP contribution in [0.4, 0.5) is 0 Å². The van der Waals surface area contributed by atoms with Gasteiger partial charge in [-0.2, -0.15) is 0 Å². The van der Waals surface area contributed by atoms with Crippen LogP contribution in [-0.2, 0) is 6.42 Å². The van der Waals surface area contributed by atoms with E-state index < -0.39 is 0 Å². The minimum Gasteiger partial charge on any atom is -0.313 e. The molecule has 0 spiro atoms. The molecule has 1 heterocycles. The zero-order chi connectivity index (χ0) is 13.8. The van der Waals surface area contributed by atoms with Gasteiger partial charge in [-0.1, -0.05) is 55.5 Å². The normalized spacial score (nSPS) is 18.8. The first-order valence-corrected chi connectivity index (χ1v) is 8.36. The molecule has 1 aliphatic heterocycles. The van der Waals surface area contributed by atoms with Gasteiger partial charge in [0.2, 0.25) is 0 Å². The molecule has 0 saturated heterocycles. The summed E-state index contributed by atoms with van der Waals surface area (Å²) in [6, 6.07) is 20.2. The number of fused-ring (bicyclic) bond motifs is 1. The maximum atomic E-state index is 3.70. The van der Waals surface area contributed by atoms with E-state index in [0.717, 1.165) is 13.0 Å². The molecule has 20 heavy (non-hydrogen) atoms. The summed E-state index contributed by atoms with van der Waals surface area (Å²) in [6.45, 7) is 3.23. The Kier molecular flexibility index (Phi) is 4.44. The first-order valence-electron chi connectivity index (χ1n) is 7.37. The van der Waals surface area contributed by atoms with E-state index >= 15 is 0 Å². The van der Waals surface area contributed by atoms with Gasteiger partial charge < -0.3 is 5.32 Å². The first-order chi connectivity index (χ1) is 9.88. The first kappa shape index (κ1) is 13.7. The van der Waals surface area contributed by atoms with E-state index in [1.54, 1.807) is 0 Å². The van der Waals surface area contributed by atoms with Crippen molar-refractivity contribution in [1.82, 2.24) is 5.32 Å². The third-order valence-corrected chi connectivity index (χ3v) is 5.20. The fourth-order valence-electron chi connectivity index (χ4n) is 3.01. The molecule has 0 bridgehead atoms. The molecule has 1 nitrogen and oxygen atoms in total. The van der Waals surface area contributed by atoms with Gasteiger partial charge in [-0.05, 0) is 30.2 Å². The number of thioether (sulfide) groups is 1. The number of hydrogen-bond acceptors (Lipinski definition) is 2. The molecule has 0 fully saturated rings. The SMILES string of the molecule is CCNC(Cc1ccccc1)C1CSc2ccccc21. The summed E-state index contributed by atoms with van der Waals surface area (Å²) in [7, 11) is 0. The minimum atomic E-state index is 0.526. The lowest BCUT2D eigenvalue weighted by atomic mass is 9.89. The largest absolute Gasteiger partial charge is 0.313 e. The lowest BCUT2D eigenvalue weighted by Gasteiger charge is -2.25. The van der Waals surface area contributed by atoms with Crippen LogP contribution in [0.15, 0.2) is 59.5 Å². The standard InChI is InChI=1S/C18H21NS/c1-2-19-17(12-14-8-4-3-5-9-14)16-13-20-18-11-7-6-10-15(16)18/h3-11,16-17,19H,2,12-13H2,1H3. The Hall–Kier alpha value is -1.25. The third kappa shape index (κ3) is 2.92. The summed E-state index contributed by atoms with van der Waals surface area (Å²) < 4.78 is 0. The van der Waals surface area contributed by atoms with E-state index in [2.05, 4.69) is 66.8 Å². The Bertz CT molecular complexity index is 552. The fourth-order valence-corrected chi connectivity index (χ4v) is 4.34. The van der Waals surface area contributed by atoms with Crippen LogP contribution in [0.2, 0.25) is 0 Å². The Morgan fingerprint density at radius 1 is 1.10 bits per heavy atom. The van der Waals surface area contributed by atoms with Crippen LogP contribution in [-0.4, -0.2) is 18.3 Å². The molecule has 1 aliphatic rings. The van der Waals surface area contributed by atoms with Crippen LogP contribution in [0.25, 0.3) is 0 Å². The van der Waals surface area contributed by atoms with Gasteiger partial charge in [-0.15, -0.1) is 11.8 Å². The molecule has 2 unspecified atom stereocenters. The van der Waals surface area contributed by atoms with E-state index in [9.17, 15) is 0 Å². The molecule has 2 aromatic rings. The average molecular weight is 283 g/mol. The van der Waals surface area contributed by atoms with Crippen molar-refractivity contribution in [2.45, 2.75) is 30.2 Å². The Morgan fingerprint density at radius 2 is 1.85 bits per heavy atom. The van der Waals surface area contributed by atoms with Gasteiger partial charge in [0.05, 0.1) is 0 Å². The van der Waals surface area contributed by atoms with Crippen LogP contribution in [0.5, 0.6) is 0 Å². The Balaban J connectivity index is 1.81. The van der Waals surface area contributed by atoms with Crippen molar-refractivity contribution in [2.24, 2.45) is 0 Å². The van der Waals surface area contributed by atoms with E-state index in [1.165, 1.54) is 21.8 Å². The fraction of sp³-hybridized carbons (Fsp3) is 0.333. The predicted octanol–water partition coefficient (Wildman–Crippen LogP) is 4.10. The molecule has 0 aliphatic carbocycles. The lowest BCUT2D eigenvalue weighted by molar-refractivity contribution is 0.463. The minimum absolute atomic E-state index is 0.526. The van der Waals surface area contributed by atoms with Crippen LogP contribution in [0.3, 0.4) is 0 Å². The van der Waals surface area contributed by atoms with Crippen LogP contribution < -0.4 is 5.32 Å². The smallest absolute Gasteiger partial charge is 0.0184 e. The highest BCUT2D eigenvalue weighted by Crippen LogP contribution is 2.41. The van der Waals surface area contributed by atoms with Gasteiger partial charge in [0.25, 0.3) is 0 Å². The van der Waals surface area contributed by atoms with Crippen molar-refractivity contribution in [2.75, 3.05) is 12.3 Å². The summed E-state index contributed by atoms with van der Waals surface area (Å²) in [6.07, 6.45) is 1.11. The van der Waals surface area contributed by atoms with Crippen molar-refractivity contribution < 1.29 is 0 Å². The molecular formula is C18H21NS. The van der Waals surface area contributed by atoms with E-state index in [0.29, 0.717) is 12.0 Å². The third-order valence-electron chi connectivity index (χ3n) is 3.99. The summed E-state index contributed by atoms with van der Waals surface area (Å²) in [5, 5.41) is 3.70. The molecule has 2 aromatic carbocycles. The number of benzene rings is 2. The highest BCUT2D eigenvalue weighted by Gasteiger charge is 2.29. The van der Waals surface area contributed by atoms with E-state index in [1.807, 2.05) is 11.8 Å². The predicted molar refractivity (Wildman–Crippen MR) is 87.5 cm³/mol. The van der Waals surface area contributed by atoms with Crippen molar-refractivity contribution in [3.63, 3.8) is 0 Å². The van der Waals surface area contributed by atoms with Crippen molar-refractivity contribution in [3.8, 4) is 0 Å². The molecule has 104 valence electrons. The molecular weight excluding hydrogens is 262 g/mol. The lowest BCUT2D eigenvalue weighted by Crippen LogP contribution is -2.37. The Morgan fingerprint density at radius 3 is 2.65 bits per heavy atom. The van der Waals surface area contributed by atoms with Gasteiger partial charge >= 0.3 is 0 Å². The second-order valence-electron chi connectivity index (χ2n) is 5.31. The van der Waals surface area contributed by atoms with Gasteiger partial charge in [0, 0.05) is 22.6 Å². The quantitative estimate of drug-likeness (QED) is 0.886. The summed E-state index contributed by atoms with van der Waals surface area (Å²) in [4.78, 5) is 1.47. The van der Waals surface area contributed by atoms with Gasteiger partial charge in [-0.25, -0.2) is 0 Å². The van der Waals surface area contributed by atoms with Crippen molar-refractivity contribution in [1.29, 1.82) is 0 Å². The van der Waals surface area contributed by atoms with Gasteiger partial charge in [0.1, 0.15) is 0 Å². The molecule has 0 aromatic heterocycles. The number of hydrogen-bond donors (Lipinski definition) is 1. The number of likely N-dealkylation sites (N-methyl/N-ethyl adjacent to an activating group) is 1. The maximum absolute atomic E-state index is 3.70. The van der Waals surface area contributed by atoms with Gasteiger partial charge in [0.15, 0.2) is 0 Å². The highest BCUT2D eigenvalue weighted by atomic mass is 32.2. The van der Waals surface area contributed by atoms with Crippen molar-refractivity contribution >= 4 is 11.8 Å². The molecule has 2 atom stereocenters. The zero-order valence-electron chi connectivity index (χ0n) is 11.9. The summed E-state index contributed by atoms with van der Waals surface area (Å²) in [5.74, 6) is 1.82. The molecule has 0 amide bonds. The average Bonchev–Trinajstić information content (AvgIpc) is 2.92. The van der Waals surface area contributed by atoms with Gasteiger partial charge in [-0.3, -0.25) is 0 Å². The molecule has 0 radical (unpaired) electrons. The van der Waals surface area contributed by atoms with Crippen LogP contribution in [0, 0.1) is 0 Å². The Labute approximate surface area is 125 Å². The van der Waals surface area contributed by atoms with Crippen molar-refractivity contribution in [3.05, 3.63) is 65.7 Å². The topological polar surface area (TPSA) is 12.0 Å². The maximum Gasteiger partial charge on any atom is 0.0184 e. The summed E-state index contributed by atoms with van der Waals surface area (Å²) >= 11 is 2.00. The number of rotatable bonds is 5. The summed E-state index contributed by atoms with van der Waals surface area (Å²) in [5.41, 5.74) is 2.95. The molecule has 3 rings (SSSR count). The van der Waals surface area contributed by atoms with E-state index in [4.69, 9.17) is 0 Å². The van der Waals surface area contributed by atoms with Crippen LogP contribution in [0.1, 0.15) is 24.0 Å². The molecule has 0 saturated carbocycles. The zero-order valence-corrected chi connectivity index (χ0v) is 12.7. The molecule has 1 N–H and O–H groups in total. The van der Waals surface area contributed by atoms with E-state index in [-0.39, 0.29) is 0 Å². The second-order valence-corrected chi connectivity index (χ2v) is 6.37. The number of nitrogens with one attached hydrogen (secondary N) is 1. The van der Waals surface area contributed by atoms with Crippen LogP contribution >= 0.6 is 11.8 Å². The molecule has 2 heteroatoms. The second kappa shape index (κ2) is 6.47. The monoisotopic (exact) mass is 283 g/mol.